The van der Waals surface area contributed by atoms with Crippen molar-refractivity contribution in [3.05, 3.63) is 0 Å². The van der Waals surface area contributed by atoms with Crippen molar-refractivity contribution in [1.82, 2.24) is 0 Å². The van der Waals surface area contributed by atoms with Gasteiger partial charge in [-0.25, -0.2) is 0 Å². The van der Waals surface area contributed by atoms with Gasteiger partial charge in [0, 0.05) is 19.3 Å². The Morgan fingerprint density at radius 1 is 0.339 bits per heavy atom. The van der Waals surface area contributed by atoms with Crippen molar-refractivity contribution in [2.45, 2.75) is 303 Å². The van der Waals surface area contributed by atoms with Crippen molar-refractivity contribution in [3.8, 4) is 0 Å². The van der Waals surface area contributed by atoms with Gasteiger partial charge in [0.05, 0.1) is 0 Å². The Balaban J connectivity index is 4.00. The van der Waals surface area contributed by atoms with Crippen molar-refractivity contribution in [2.24, 2.45) is 5.92 Å². The van der Waals surface area contributed by atoms with Crippen LogP contribution in [-0.4, -0.2) is 37.2 Å². The monoisotopic (exact) mass is 835 g/mol. The minimum absolute atomic E-state index is 0.0642. The van der Waals surface area contributed by atoms with Crippen molar-refractivity contribution >= 4 is 17.9 Å². The highest BCUT2D eigenvalue weighted by Crippen LogP contribution is 2.18. The van der Waals surface area contributed by atoms with E-state index in [1.165, 1.54) is 186 Å². The normalized spacial score (nSPS) is 12.4. The minimum atomic E-state index is -0.758. The Kier molecular flexibility index (Phi) is 46.2. The van der Waals surface area contributed by atoms with E-state index in [9.17, 15) is 14.4 Å². The molecular weight excluding hydrogens is 733 g/mol. The number of esters is 3. The topological polar surface area (TPSA) is 78.9 Å². The van der Waals surface area contributed by atoms with Gasteiger partial charge in [0.25, 0.3) is 0 Å². The summed E-state index contributed by atoms with van der Waals surface area (Å²) < 4.78 is 16.7. The van der Waals surface area contributed by atoms with E-state index in [0.29, 0.717) is 19.3 Å². The molecule has 0 aromatic rings. The zero-order chi connectivity index (χ0) is 43.1. The fourth-order valence-electron chi connectivity index (χ4n) is 8.01. The van der Waals surface area contributed by atoms with Crippen LogP contribution >= 0.6 is 0 Å². The van der Waals surface area contributed by atoms with Crippen LogP contribution in [0.15, 0.2) is 0 Å². The van der Waals surface area contributed by atoms with E-state index >= 15 is 0 Å². The molecule has 1 unspecified atom stereocenters. The molecule has 0 radical (unpaired) electrons. The number of carbonyl (C=O) groups excluding carboxylic acids is 3. The van der Waals surface area contributed by atoms with Gasteiger partial charge in [-0.2, -0.15) is 0 Å². The number of unbranched alkanes of at least 4 members (excludes halogenated alkanes) is 34. The Bertz CT molecular complexity index is 889. The van der Waals surface area contributed by atoms with E-state index in [2.05, 4.69) is 27.7 Å². The molecule has 350 valence electrons. The maximum absolute atomic E-state index is 12.6. The Labute approximate surface area is 368 Å². The third kappa shape index (κ3) is 45.8. The Morgan fingerprint density at radius 3 is 0.881 bits per heavy atom. The summed E-state index contributed by atoms with van der Waals surface area (Å²) in [4.78, 5) is 37.6. The van der Waals surface area contributed by atoms with Crippen molar-refractivity contribution in [3.63, 3.8) is 0 Å². The highest BCUT2D eigenvalue weighted by molar-refractivity contribution is 5.71. The lowest BCUT2D eigenvalue weighted by Gasteiger charge is -2.18. The van der Waals surface area contributed by atoms with Crippen LogP contribution in [0.2, 0.25) is 0 Å². The SMILES string of the molecule is CCCCCCCCCCCCCCCCC(=O)OC[C@H](COC(=O)CCCCCCCCCCCCCCCCCCCCC(C)CC)OC(=O)CCCCCCC. The van der Waals surface area contributed by atoms with Crippen LogP contribution in [0.5, 0.6) is 0 Å². The van der Waals surface area contributed by atoms with Gasteiger partial charge < -0.3 is 14.2 Å². The van der Waals surface area contributed by atoms with Crippen LogP contribution in [0, 0.1) is 5.92 Å². The summed E-state index contributed by atoms with van der Waals surface area (Å²) in [7, 11) is 0. The first-order valence-corrected chi connectivity index (χ1v) is 26.4. The third-order valence-corrected chi connectivity index (χ3v) is 12.4. The molecule has 6 nitrogen and oxygen atoms in total. The second kappa shape index (κ2) is 47.5. The van der Waals surface area contributed by atoms with Crippen LogP contribution in [0.1, 0.15) is 297 Å². The van der Waals surface area contributed by atoms with Gasteiger partial charge in [-0.15, -0.1) is 0 Å². The summed E-state index contributed by atoms with van der Waals surface area (Å²) in [6, 6.07) is 0. The van der Waals surface area contributed by atoms with Gasteiger partial charge >= 0.3 is 17.9 Å². The highest BCUT2D eigenvalue weighted by atomic mass is 16.6. The van der Waals surface area contributed by atoms with Crippen LogP contribution in [0.25, 0.3) is 0 Å². The molecule has 0 aromatic carbocycles. The Morgan fingerprint density at radius 2 is 0.593 bits per heavy atom. The van der Waals surface area contributed by atoms with Gasteiger partial charge in [-0.3, -0.25) is 14.4 Å². The molecule has 0 aliphatic rings. The smallest absolute Gasteiger partial charge is 0.306 e. The number of ether oxygens (including phenoxy) is 3. The molecule has 59 heavy (non-hydrogen) atoms. The summed E-state index contributed by atoms with van der Waals surface area (Å²) in [5.41, 5.74) is 0. The fourth-order valence-corrected chi connectivity index (χ4v) is 8.01. The molecular formula is C53H102O6. The van der Waals surface area contributed by atoms with Crippen molar-refractivity contribution in [2.75, 3.05) is 13.2 Å². The first-order chi connectivity index (χ1) is 28.9. The van der Waals surface area contributed by atoms with Crippen LogP contribution in [0.4, 0.5) is 0 Å². The molecule has 0 bridgehead atoms. The molecule has 0 aromatic heterocycles. The summed E-state index contributed by atoms with van der Waals surface area (Å²) in [6.07, 6.45) is 49.8. The van der Waals surface area contributed by atoms with Crippen LogP contribution < -0.4 is 0 Å². The largest absolute Gasteiger partial charge is 0.462 e. The van der Waals surface area contributed by atoms with E-state index < -0.39 is 6.10 Å². The second-order valence-corrected chi connectivity index (χ2v) is 18.4. The summed E-state index contributed by atoms with van der Waals surface area (Å²) in [6.45, 7) is 9.00. The molecule has 2 atom stereocenters. The molecule has 6 heteroatoms. The number of hydrogen-bond donors (Lipinski definition) is 0. The highest BCUT2D eigenvalue weighted by Gasteiger charge is 2.19. The van der Waals surface area contributed by atoms with E-state index in [0.717, 1.165) is 70.1 Å². The second-order valence-electron chi connectivity index (χ2n) is 18.4. The van der Waals surface area contributed by atoms with Crippen molar-refractivity contribution < 1.29 is 28.6 Å². The maximum Gasteiger partial charge on any atom is 0.306 e. The van der Waals surface area contributed by atoms with Gasteiger partial charge in [-0.1, -0.05) is 259 Å². The fraction of sp³-hybridized carbons (Fsp3) is 0.943. The summed E-state index contributed by atoms with van der Waals surface area (Å²) in [5.74, 6) is 0.0507. The molecule has 0 saturated heterocycles. The van der Waals surface area contributed by atoms with E-state index in [1.807, 2.05) is 0 Å². The first-order valence-electron chi connectivity index (χ1n) is 26.4. The minimum Gasteiger partial charge on any atom is -0.462 e. The van der Waals surface area contributed by atoms with Gasteiger partial charge in [0.2, 0.25) is 0 Å². The number of hydrogen-bond acceptors (Lipinski definition) is 6. The predicted octanol–water partition coefficient (Wildman–Crippen LogP) is 17.1. The molecule has 0 aliphatic carbocycles. The van der Waals surface area contributed by atoms with Crippen LogP contribution in [0.3, 0.4) is 0 Å². The lowest BCUT2D eigenvalue weighted by Crippen LogP contribution is -2.30. The first kappa shape index (κ1) is 57.4. The molecule has 0 spiro atoms. The van der Waals surface area contributed by atoms with E-state index in [1.54, 1.807) is 0 Å². The molecule has 0 rings (SSSR count). The molecule has 0 N–H and O–H groups in total. The molecule has 0 amide bonds. The number of carbonyl (C=O) groups is 3. The zero-order valence-electron chi connectivity index (χ0n) is 40.2. The Hall–Kier alpha value is -1.59. The molecule has 0 fully saturated rings. The lowest BCUT2D eigenvalue weighted by molar-refractivity contribution is -0.167. The summed E-state index contributed by atoms with van der Waals surface area (Å²) in [5, 5.41) is 0. The quantitative estimate of drug-likeness (QED) is 0.0345. The molecule has 0 saturated carbocycles. The third-order valence-electron chi connectivity index (χ3n) is 12.4. The average molecular weight is 835 g/mol. The molecule has 0 aliphatic heterocycles. The summed E-state index contributed by atoms with van der Waals surface area (Å²) >= 11 is 0. The molecule has 0 heterocycles. The van der Waals surface area contributed by atoms with Crippen molar-refractivity contribution in [1.29, 1.82) is 0 Å². The predicted molar refractivity (Wildman–Crippen MR) is 252 cm³/mol. The van der Waals surface area contributed by atoms with E-state index in [-0.39, 0.29) is 31.1 Å². The van der Waals surface area contributed by atoms with Gasteiger partial charge in [-0.05, 0) is 25.2 Å². The zero-order valence-corrected chi connectivity index (χ0v) is 40.2. The average Bonchev–Trinajstić information content (AvgIpc) is 3.23. The maximum atomic E-state index is 12.6. The lowest BCUT2D eigenvalue weighted by atomic mass is 9.99. The van der Waals surface area contributed by atoms with Gasteiger partial charge in [0.15, 0.2) is 6.10 Å². The number of rotatable bonds is 48. The standard InChI is InChI=1S/C53H102O6/c1-5-8-10-12-13-14-15-16-24-27-30-33-37-40-44-51(54)57-47-50(59-53(56)46-42-35-11-9-6-2)48-58-52(55)45-41-38-34-31-28-25-22-20-18-17-19-21-23-26-29-32-36-39-43-49(4)7-3/h49-50H,5-48H2,1-4H3/t49?,50-/m1/s1. The van der Waals surface area contributed by atoms with Crippen LogP contribution in [-0.2, 0) is 28.6 Å². The van der Waals surface area contributed by atoms with Gasteiger partial charge in [0.1, 0.15) is 13.2 Å². The van der Waals surface area contributed by atoms with E-state index in [4.69, 9.17) is 14.2 Å².